The SMILES string of the molecule is C[C@H]1CSc2nc3c(Cl)nc(N)nc3n21. The van der Waals surface area contributed by atoms with E-state index in [9.17, 15) is 0 Å². The number of nitrogens with zero attached hydrogens (tertiary/aromatic N) is 4. The Hall–Kier alpha value is -1.01. The van der Waals surface area contributed by atoms with Crippen LogP contribution in [-0.2, 0) is 0 Å². The molecule has 0 radical (unpaired) electrons. The number of fused-ring (bicyclic) bond motifs is 3. The number of nitrogens with two attached hydrogens (primary N) is 1. The maximum Gasteiger partial charge on any atom is 0.223 e. The lowest BCUT2D eigenvalue weighted by Crippen LogP contribution is -2.04. The summed E-state index contributed by atoms with van der Waals surface area (Å²) in [6, 6.07) is 0.375. The highest BCUT2D eigenvalue weighted by Gasteiger charge is 2.25. The van der Waals surface area contributed by atoms with Crippen LogP contribution < -0.4 is 5.73 Å². The molecule has 0 aromatic carbocycles. The molecular formula is C8H8ClN5S. The van der Waals surface area contributed by atoms with E-state index in [-0.39, 0.29) is 5.95 Å². The Bertz CT molecular complexity index is 551. The van der Waals surface area contributed by atoms with Crippen LogP contribution in [0.5, 0.6) is 0 Å². The third-order valence-electron chi connectivity index (χ3n) is 2.38. The van der Waals surface area contributed by atoms with E-state index in [0.717, 1.165) is 16.6 Å². The van der Waals surface area contributed by atoms with Crippen molar-refractivity contribution in [3.05, 3.63) is 5.15 Å². The van der Waals surface area contributed by atoms with Crippen LogP contribution in [-0.4, -0.2) is 25.3 Å². The summed E-state index contributed by atoms with van der Waals surface area (Å²) in [7, 11) is 0. The van der Waals surface area contributed by atoms with Crippen molar-refractivity contribution in [1.29, 1.82) is 0 Å². The Morgan fingerprint density at radius 2 is 2.27 bits per heavy atom. The summed E-state index contributed by atoms with van der Waals surface area (Å²) in [5, 5.41) is 1.27. The number of rotatable bonds is 0. The zero-order valence-corrected chi connectivity index (χ0v) is 9.51. The van der Waals surface area contributed by atoms with Crippen molar-refractivity contribution in [2.45, 2.75) is 18.1 Å². The lowest BCUT2D eigenvalue weighted by atomic mass is 10.4. The number of hydrogen-bond acceptors (Lipinski definition) is 5. The smallest absolute Gasteiger partial charge is 0.223 e. The third-order valence-corrected chi connectivity index (χ3v) is 3.84. The maximum absolute atomic E-state index is 5.96. The molecule has 5 nitrogen and oxygen atoms in total. The van der Waals surface area contributed by atoms with E-state index >= 15 is 0 Å². The average Bonchev–Trinajstić information content (AvgIpc) is 2.68. The molecule has 1 aliphatic rings. The first-order chi connectivity index (χ1) is 7.16. The van der Waals surface area contributed by atoms with E-state index in [2.05, 4.69) is 26.4 Å². The molecule has 0 amide bonds. The summed E-state index contributed by atoms with van der Waals surface area (Å²) in [6.07, 6.45) is 0. The predicted octanol–water partition coefficient (Wildman–Crippen LogP) is 1.73. The van der Waals surface area contributed by atoms with Crippen LogP contribution in [0.3, 0.4) is 0 Å². The number of thioether (sulfide) groups is 1. The zero-order valence-electron chi connectivity index (χ0n) is 7.94. The fourth-order valence-electron chi connectivity index (χ4n) is 1.71. The summed E-state index contributed by atoms with van der Waals surface area (Å²) in [5.41, 5.74) is 6.94. The highest BCUT2D eigenvalue weighted by Crippen LogP contribution is 2.37. The van der Waals surface area contributed by atoms with E-state index in [1.54, 1.807) is 11.8 Å². The summed E-state index contributed by atoms with van der Waals surface area (Å²) >= 11 is 7.66. The molecule has 3 heterocycles. The maximum atomic E-state index is 5.96. The Morgan fingerprint density at radius 1 is 1.47 bits per heavy atom. The first-order valence-corrected chi connectivity index (χ1v) is 5.87. The van der Waals surface area contributed by atoms with E-state index in [0.29, 0.717) is 16.7 Å². The molecule has 2 N–H and O–H groups in total. The molecule has 78 valence electrons. The van der Waals surface area contributed by atoms with Crippen molar-refractivity contribution < 1.29 is 0 Å². The Morgan fingerprint density at radius 3 is 3.07 bits per heavy atom. The van der Waals surface area contributed by atoms with Crippen LogP contribution in [0.1, 0.15) is 13.0 Å². The van der Waals surface area contributed by atoms with E-state index in [1.807, 2.05) is 0 Å². The number of hydrogen-bond donors (Lipinski definition) is 1. The zero-order chi connectivity index (χ0) is 10.6. The lowest BCUT2D eigenvalue weighted by molar-refractivity contribution is 0.596. The van der Waals surface area contributed by atoms with Crippen molar-refractivity contribution in [3.63, 3.8) is 0 Å². The Balaban J connectivity index is 2.41. The molecule has 3 rings (SSSR count). The molecule has 0 fully saturated rings. The summed E-state index contributed by atoms with van der Waals surface area (Å²) in [6.45, 7) is 2.12. The molecule has 7 heteroatoms. The van der Waals surface area contributed by atoms with Crippen molar-refractivity contribution >= 4 is 40.5 Å². The molecule has 1 atom stereocenters. The quantitative estimate of drug-likeness (QED) is 0.712. The van der Waals surface area contributed by atoms with E-state index < -0.39 is 0 Å². The van der Waals surface area contributed by atoms with Gasteiger partial charge in [0.2, 0.25) is 5.95 Å². The number of aromatic nitrogens is 4. The van der Waals surface area contributed by atoms with Gasteiger partial charge in [0.25, 0.3) is 0 Å². The van der Waals surface area contributed by atoms with Gasteiger partial charge in [0.1, 0.15) is 5.52 Å². The van der Waals surface area contributed by atoms with Crippen LogP contribution in [0, 0.1) is 0 Å². The molecule has 2 aromatic rings. The van der Waals surface area contributed by atoms with Gasteiger partial charge >= 0.3 is 0 Å². The normalized spacial score (nSPS) is 19.7. The van der Waals surface area contributed by atoms with Crippen molar-refractivity contribution in [3.8, 4) is 0 Å². The van der Waals surface area contributed by atoms with Crippen molar-refractivity contribution in [2.75, 3.05) is 11.5 Å². The first-order valence-electron chi connectivity index (χ1n) is 4.50. The number of imidazole rings is 1. The highest BCUT2D eigenvalue weighted by molar-refractivity contribution is 7.99. The second-order valence-electron chi connectivity index (χ2n) is 3.47. The van der Waals surface area contributed by atoms with Crippen LogP contribution in [0.2, 0.25) is 5.15 Å². The monoisotopic (exact) mass is 241 g/mol. The second kappa shape index (κ2) is 2.99. The Kier molecular flexibility index (Phi) is 1.84. The van der Waals surface area contributed by atoms with E-state index in [1.165, 1.54) is 0 Å². The molecular weight excluding hydrogens is 234 g/mol. The molecule has 0 saturated carbocycles. The van der Waals surface area contributed by atoms with Gasteiger partial charge in [-0.3, -0.25) is 4.57 Å². The molecule has 1 aliphatic heterocycles. The lowest BCUT2D eigenvalue weighted by Gasteiger charge is -2.05. The summed E-state index contributed by atoms with van der Waals surface area (Å²) in [5.74, 6) is 1.21. The standard InChI is InChI=1S/C8H8ClN5S/c1-3-2-15-8-11-4-5(9)12-7(10)13-6(4)14(3)8/h3H,2H2,1H3,(H2,10,12,13)/t3-/m0/s1. The molecule has 15 heavy (non-hydrogen) atoms. The largest absolute Gasteiger partial charge is 0.368 e. The molecule has 2 aromatic heterocycles. The number of nitrogen functional groups attached to an aromatic ring is 1. The second-order valence-corrected chi connectivity index (χ2v) is 4.81. The minimum atomic E-state index is 0.194. The van der Waals surface area contributed by atoms with Gasteiger partial charge in [-0.15, -0.1) is 0 Å². The van der Waals surface area contributed by atoms with Gasteiger partial charge in [0, 0.05) is 11.8 Å². The van der Waals surface area contributed by atoms with Gasteiger partial charge in [-0.25, -0.2) is 4.98 Å². The molecule has 0 unspecified atom stereocenters. The average molecular weight is 242 g/mol. The van der Waals surface area contributed by atoms with Crippen LogP contribution >= 0.6 is 23.4 Å². The van der Waals surface area contributed by atoms with Gasteiger partial charge in [-0.1, -0.05) is 23.4 Å². The minimum absolute atomic E-state index is 0.194. The number of halogens is 1. The minimum Gasteiger partial charge on any atom is -0.368 e. The van der Waals surface area contributed by atoms with Crippen molar-refractivity contribution in [2.24, 2.45) is 0 Å². The topological polar surface area (TPSA) is 69.6 Å². The van der Waals surface area contributed by atoms with Crippen LogP contribution in [0.25, 0.3) is 11.2 Å². The van der Waals surface area contributed by atoms with Crippen molar-refractivity contribution in [1.82, 2.24) is 19.5 Å². The first kappa shape index (κ1) is 9.23. The van der Waals surface area contributed by atoms with E-state index in [4.69, 9.17) is 17.3 Å². The van der Waals surface area contributed by atoms with Gasteiger partial charge in [-0.05, 0) is 6.92 Å². The fraction of sp³-hybridized carbons (Fsp3) is 0.375. The third kappa shape index (κ3) is 1.21. The fourth-order valence-corrected chi connectivity index (χ4v) is 3.02. The van der Waals surface area contributed by atoms with Crippen LogP contribution in [0.4, 0.5) is 5.95 Å². The Labute approximate surface area is 95.0 Å². The van der Waals surface area contributed by atoms with Gasteiger partial charge < -0.3 is 5.73 Å². The molecule has 0 aliphatic carbocycles. The predicted molar refractivity (Wildman–Crippen MR) is 60.2 cm³/mol. The number of anilines is 1. The summed E-state index contributed by atoms with van der Waals surface area (Å²) < 4.78 is 2.06. The molecule has 0 spiro atoms. The van der Waals surface area contributed by atoms with Gasteiger partial charge in [-0.2, -0.15) is 9.97 Å². The highest BCUT2D eigenvalue weighted by atomic mass is 35.5. The molecule has 0 bridgehead atoms. The van der Waals surface area contributed by atoms with Gasteiger partial charge in [0.05, 0.1) is 0 Å². The molecule has 0 saturated heterocycles. The van der Waals surface area contributed by atoms with Gasteiger partial charge in [0.15, 0.2) is 16.0 Å². The van der Waals surface area contributed by atoms with Crippen LogP contribution in [0.15, 0.2) is 5.16 Å². The summed E-state index contributed by atoms with van der Waals surface area (Å²) in [4.78, 5) is 12.5.